The fraction of sp³-hybridized carbons (Fsp3) is 0.381. The van der Waals surface area contributed by atoms with Crippen molar-refractivity contribution in [3.63, 3.8) is 0 Å². The summed E-state index contributed by atoms with van der Waals surface area (Å²) in [5.41, 5.74) is 2.15. The third-order valence-corrected chi connectivity index (χ3v) is 6.24. The largest absolute Gasteiger partial charge is 0.464 e. The Labute approximate surface area is 161 Å². The lowest BCUT2D eigenvalue weighted by Gasteiger charge is -2.12. The molecule has 2 aromatic heterocycles. The zero-order chi connectivity index (χ0) is 18.8. The Morgan fingerprint density at radius 1 is 1.22 bits per heavy atom. The van der Waals surface area contributed by atoms with Crippen LogP contribution in [0.1, 0.15) is 34.7 Å². The number of aromatic nitrogens is 2. The molecule has 0 fully saturated rings. The van der Waals surface area contributed by atoms with Gasteiger partial charge in [-0.2, -0.15) is 0 Å². The highest BCUT2D eigenvalue weighted by Crippen LogP contribution is 2.33. The number of hydrogen-bond acceptors (Lipinski definition) is 5. The van der Waals surface area contributed by atoms with Gasteiger partial charge in [-0.3, -0.25) is 14.2 Å². The molecule has 1 aliphatic rings. The number of benzene rings is 1. The molecule has 5 nitrogen and oxygen atoms in total. The van der Waals surface area contributed by atoms with Gasteiger partial charge in [0.05, 0.1) is 12.0 Å². The Balaban J connectivity index is 1.51. The lowest BCUT2D eigenvalue weighted by atomic mass is 9.97. The van der Waals surface area contributed by atoms with E-state index in [1.807, 2.05) is 30.3 Å². The number of nitrogens with zero attached hydrogens (tertiary/aromatic N) is 2. The molecular weight excluding hydrogens is 360 g/mol. The third-order valence-electron chi connectivity index (χ3n) is 5.05. The number of ether oxygens (including phenoxy) is 1. The molecule has 0 saturated heterocycles. The van der Waals surface area contributed by atoms with E-state index in [0.717, 1.165) is 35.2 Å². The molecule has 0 bridgehead atoms. The van der Waals surface area contributed by atoms with Gasteiger partial charge in [-0.15, -0.1) is 11.3 Å². The van der Waals surface area contributed by atoms with Crippen LogP contribution in [0.15, 0.2) is 35.1 Å². The highest BCUT2D eigenvalue weighted by molar-refractivity contribution is 7.18. The van der Waals surface area contributed by atoms with E-state index in [2.05, 4.69) is 4.98 Å². The monoisotopic (exact) mass is 382 g/mol. The van der Waals surface area contributed by atoms with Gasteiger partial charge in [0.1, 0.15) is 17.2 Å². The minimum absolute atomic E-state index is 0.0903. The molecule has 0 N–H and O–H groups in total. The Morgan fingerprint density at radius 2 is 2.00 bits per heavy atom. The lowest BCUT2D eigenvalue weighted by molar-refractivity contribution is -0.144. The quantitative estimate of drug-likeness (QED) is 0.634. The van der Waals surface area contributed by atoms with Gasteiger partial charge in [0.25, 0.3) is 5.56 Å². The van der Waals surface area contributed by atoms with Crippen LogP contribution in [0.4, 0.5) is 0 Å². The molecule has 140 valence electrons. The van der Waals surface area contributed by atoms with Crippen LogP contribution >= 0.6 is 11.3 Å². The van der Waals surface area contributed by atoms with E-state index in [9.17, 15) is 9.59 Å². The number of fused-ring (bicyclic) bond motifs is 3. The van der Waals surface area contributed by atoms with E-state index in [1.165, 1.54) is 15.9 Å². The van der Waals surface area contributed by atoms with Crippen molar-refractivity contribution in [2.24, 2.45) is 0 Å². The maximum absolute atomic E-state index is 13.0. The van der Waals surface area contributed by atoms with Crippen LogP contribution in [0.3, 0.4) is 0 Å². The van der Waals surface area contributed by atoms with Crippen LogP contribution < -0.4 is 5.56 Å². The smallest absolute Gasteiger partial charge is 0.326 e. The van der Waals surface area contributed by atoms with E-state index in [1.54, 1.807) is 18.3 Å². The molecule has 1 aromatic carbocycles. The number of hydrogen-bond donors (Lipinski definition) is 0. The highest BCUT2D eigenvalue weighted by Gasteiger charge is 2.22. The number of aryl methyl sites for hydroxylation is 3. The maximum atomic E-state index is 13.0. The lowest BCUT2D eigenvalue weighted by Crippen LogP contribution is -2.28. The molecule has 27 heavy (non-hydrogen) atoms. The van der Waals surface area contributed by atoms with Crippen molar-refractivity contribution < 1.29 is 9.53 Å². The summed E-state index contributed by atoms with van der Waals surface area (Å²) in [7, 11) is 0. The first-order valence-electron chi connectivity index (χ1n) is 9.34. The average molecular weight is 382 g/mol. The number of carbonyl (C=O) groups excluding carboxylic acids is 1. The minimum atomic E-state index is -0.402. The molecule has 0 unspecified atom stereocenters. The minimum Gasteiger partial charge on any atom is -0.464 e. The van der Waals surface area contributed by atoms with Gasteiger partial charge in [0.2, 0.25) is 0 Å². The second-order valence-electron chi connectivity index (χ2n) is 6.90. The molecule has 0 atom stereocenters. The van der Waals surface area contributed by atoms with E-state index in [0.29, 0.717) is 24.2 Å². The normalized spacial score (nSPS) is 13.5. The highest BCUT2D eigenvalue weighted by atomic mass is 32.1. The second-order valence-corrected chi connectivity index (χ2v) is 7.98. The summed E-state index contributed by atoms with van der Waals surface area (Å²) in [5, 5.41) is 0.706. The SMILES string of the molecule is Cc1nc2sc3c(c2c(=O)n1CC(=O)OCCc1ccccc1)CCCC3. The first-order chi connectivity index (χ1) is 13.1. The Morgan fingerprint density at radius 3 is 2.81 bits per heavy atom. The fourth-order valence-electron chi connectivity index (χ4n) is 3.63. The van der Waals surface area contributed by atoms with Crippen molar-refractivity contribution in [3.05, 3.63) is 62.5 Å². The average Bonchev–Trinajstić information content (AvgIpc) is 3.04. The van der Waals surface area contributed by atoms with E-state index in [-0.39, 0.29) is 12.1 Å². The Bertz CT molecular complexity index is 1040. The third kappa shape index (κ3) is 3.67. The molecule has 0 aliphatic heterocycles. The molecule has 1 aliphatic carbocycles. The van der Waals surface area contributed by atoms with Crippen molar-refractivity contribution in [2.75, 3.05) is 6.61 Å². The van der Waals surface area contributed by atoms with Crippen molar-refractivity contribution in [3.8, 4) is 0 Å². The summed E-state index contributed by atoms with van der Waals surface area (Å²) in [4.78, 5) is 32.0. The van der Waals surface area contributed by atoms with Gasteiger partial charge in [-0.1, -0.05) is 30.3 Å². The van der Waals surface area contributed by atoms with Gasteiger partial charge in [0, 0.05) is 11.3 Å². The van der Waals surface area contributed by atoms with Crippen LogP contribution in [-0.4, -0.2) is 22.1 Å². The van der Waals surface area contributed by atoms with Crippen LogP contribution in [0.2, 0.25) is 0 Å². The van der Waals surface area contributed by atoms with Crippen molar-refractivity contribution in [1.29, 1.82) is 0 Å². The van der Waals surface area contributed by atoms with Gasteiger partial charge >= 0.3 is 5.97 Å². The summed E-state index contributed by atoms with van der Waals surface area (Å²) < 4.78 is 6.80. The first-order valence-corrected chi connectivity index (χ1v) is 10.2. The van der Waals surface area contributed by atoms with Crippen molar-refractivity contribution in [2.45, 2.75) is 45.6 Å². The fourth-order valence-corrected chi connectivity index (χ4v) is 4.93. The number of rotatable bonds is 5. The van der Waals surface area contributed by atoms with Crippen LogP contribution in [0.5, 0.6) is 0 Å². The summed E-state index contributed by atoms with van der Waals surface area (Å²) in [6.45, 7) is 1.99. The van der Waals surface area contributed by atoms with Crippen LogP contribution in [0.25, 0.3) is 10.2 Å². The first kappa shape index (κ1) is 17.9. The molecule has 4 rings (SSSR count). The number of esters is 1. The van der Waals surface area contributed by atoms with Gasteiger partial charge in [-0.25, -0.2) is 4.98 Å². The zero-order valence-electron chi connectivity index (χ0n) is 15.4. The summed E-state index contributed by atoms with van der Waals surface area (Å²) in [6, 6.07) is 9.88. The molecule has 0 radical (unpaired) electrons. The van der Waals surface area contributed by atoms with Gasteiger partial charge in [0.15, 0.2) is 0 Å². The van der Waals surface area contributed by atoms with Gasteiger partial charge < -0.3 is 4.74 Å². The summed E-state index contributed by atoms with van der Waals surface area (Å²) >= 11 is 1.63. The molecule has 3 aromatic rings. The maximum Gasteiger partial charge on any atom is 0.326 e. The second kappa shape index (κ2) is 7.64. The molecule has 6 heteroatoms. The molecule has 2 heterocycles. The standard InChI is InChI=1S/C21H22N2O3S/c1-14-22-20-19(16-9-5-6-10-17(16)27-20)21(25)23(14)13-18(24)26-12-11-15-7-3-2-4-8-15/h2-4,7-8H,5-6,9-13H2,1H3. The number of carbonyl (C=O) groups is 1. The Hall–Kier alpha value is -2.47. The van der Waals surface area contributed by atoms with E-state index >= 15 is 0 Å². The van der Waals surface area contributed by atoms with Gasteiger partial charge in [-0.05, 0) is 43.7 Å². The summed E-state index contributed by atoms with van der Waals surface area (Å²) in [6.07, 6.45) is 4.89. The zero-order valence-corrected chi connectivity index (χ0v) is 16.2. The van der Waals surface area contributed by atoms with Crippen LogP contribution in [-0.2, 0) is 35.3 Å². The summed E-state index contributed by atoms with van der Waals surface area (Å²) in [5.74, 6) is 0.160. The van der Waals surface area contributed by atoms with E-state index < -0.39 is 5.97 Å². The van der Waals surface area contributed by atoms with Crippen molar-refractivity contribution in [1.82, 2.24) is 9.55 Å². The molecule has 0 saturated carbocycles. The van der Waals surface area contributed by atoms with E-state index in [4.69, 9.17) is 4.74 Å². The predicted octanol–water partition coefficient (Wildman–Crippen LogP) is 3.43. The molecule has 0 amide bonds. The molecule has 0 spiro atoms. The van der Waals surface area contributed by atoms with Crippen molar-refractivity contribution >= 4 is 27.5 Å². The number of thiophene rings is 1. The topological polar surface area (TPSA) is 61.2 Å². The Kier molecular flexibility index (Phi) is 5.07. The predicted molar refractivity (Wildman–Crippen MR) is 106 cm³/mol. The van der Waals surface area contributed by atoms with Crippen LogP contribution in [0, 0.1) is 6.92 Å². The molecular formula is C21H22N2O3S.